The Bertz CT molecular complexity index is 524. The number of rotatable bonds is 2. The van der Waals surface area contributed by atoms with Crippen LogP contribution in [-0.2, 0) is 4.74 Å². The zero-order valence-corrected chi connectivity index (χ0v) is 9.97. The molecule has 3 rings (SSSR count). The second-order valence-corrected chi connectivity index (χ2v) is 4.87. The number of halogens is 1. The van der Waals surface area contributed by atoms with Crippen LogP contribution < -0.4 is 5.43 Å². The molecule has 2 aromatic rings. The standard InChI is InChI=1S/C11H12FN3OS/c12-8-1-2-9-10(7-8)17-11(13-9)14-15-3-5-16-6-4-15/h1-2,7H,3-6H2,(H,13,14). The minimum atomic E-state index is -0.223. The van der Waals surface area contributed by atoms with Gasteiger partial charge < -0.3 is 4.74 Å². The molecule has 90 valence electrons. The van der Waals surface area contributed by atoms with Crippen LogP contribution in [0.2, 0.25) is 0 Å². The van der Waals surface area contributed by atoms with Gasteiger partial charge in [0.25, 0.3) is 0 Å². The third-order valence-corrected chi connectivity index (χ3v) is 3.54. The van der Waals surface area contributed by atoms with Gasteiger partial charge in [0.05, 0.1) is 23.4 Å². The van der Waals surface area contributed by atoms with Crippen molar-refractivity contribution in [3.8, 4) is 0 Å². The SMILES string of the molecule is Fc1ccc2nc(NN3CCOCC3)sc2c1. The number of hydrogen-bond acceptors (Lipinski definition) is 5. The first-order chi connectivity index (χ1) is 8.31. The molecule has 4 nitrogen and oxygen atoms in total. The van der Waals surface area contributed by atoms with Gasteiger partial charge in [-0.2, -0.15) is 0 Å². The number of hydrazine groups is 1. The van der Waals surface area contributed by atoms with E-state index in [1.807, 2.05) is 0 Å². The van der Waals surface area contributed by atoms with Gasteiger partial charge in [-0.05, 0) is 18.2 Å². The summed E-state index contributed by atoms with van der Waals surface area (Å²) in [6.45, 7) is 3.13. The van der Waals surface area contributed by atoms with Gasteiger partial charge >= 0.3 is 0 Å². The highest BCUT2D eigenvalue weighted by molar-refractivity contribution is 7.22. The van der Waals surface area contributed by atoms with E-state index in [9.17, 15) is 4.39 Å². The molecule has 2 heterocycles. The first kappa shape index (κ1) is 10.9. The van der Waals surface area contributed by atoms with E-state index in [4.69, 9.17) is 4.74 Å². The normalized spacial score (nSPS) is 17.5. The van der Waals surface area contributed by atoms with Crippen molar-refractivity contribution in [2.75, 3.05) is 31.7 Å². The molecule has 1 N–H and O–H groups in total. The topological polar surface area (TPSA) is 37.4 Å². The molecule has 1 fully saturated rings. The summed E-state index contributed by atoms with van der Waals surface area (Å²) >= 11 is 1.46. The van der Waals surface area contributed by atoms with Gasteiger partial charge in [-0.25, -0.2) is 14.4 Å². The van der Waals surface area contributed by atoms with E-state index in [2.05, 4.69) is 15.4 Å². The molecule has 0 bridgehead atoms. The van der Waals surface area contributed by atoms with E-state index in [1.54, 1.807) is 6.07 Å². The van der Waals surface area contributed by atoms with Crippen molar-refractivity contribution >= 4 is 26.7 Å². The first-order valence-corrected chi connectivity index (χ1v) is 6.28. The van der Waals surface area contributed by atoms with Crippen LogP contribution in [0.15, 0.2) is 18.2 Å². The fourth-order valence-electron chi connectivity index (χ4n) is 1.76. The van der Waals surface area contributed by atoms with Crippen molar-refractivity contribution < 1.29 is 9.13 Å². The molecule has 0 unspecified atom stereocenters. The average Bonchev–Trinajstić information content (AvgIpc) is 2.71. The summed E-state index contributed by atoms with van der Waals surface area (Å²) in [5.41, 5.74) is 4.05. The average molecular weight is 253 g/mol. The number of ether oxygens (including phenoxy) is 1. The molecule has 0 radical (unpaired) electrons. The van der Waals surface area contributed by atoms with Crippen LogP contribution in [0, 0.1) is 5.82 Å². The Morgan fingerprint density at radius 2 is 2.18 bits per heavy atom. The van der Waals surface area contributed by atoms with Crippen LogP contribution in [0.5, 0.6) is 0 Å². The molecular weight excluding hydrogens is 241 g/mol. The zero-order valence-electron chi connectivity index (χ0n) is 9.15. The number of benzene rings is 1. The lowest BCUT2D eigenvalue weighted by Crippen LogP contribution is -2.40. The molecule has 0 spiro atoms. The number of aromatic nitrogens is 1. The number of nitrogens with zero attached hydrogens (tertiary/aromatic N) is 2. The maximum atomic E-state index is 13.0. The molecule has 1 aromatic carbocycles. The van der Waals surface area contributed by atoms with Gasteiger partial charge in [0.15, 0.2) is 5.13 Å². The third-order valence-electron chi connectivity index (χ3n) is 2.62. The Labute approximate surface area is 102 Å². The summed E-state index contributed by atoms with van der Waals surface area (Å²) in [4.78, 5) is 4.41. The number of hydrogen-bond donors (Lipinski definition) is 1. The molecule has 6 heteroatoms. The van der Waals surface area contributed by atoms with Gasteiger partial charge in [-0.3, -0.25) is 5.43 Å². The van der Waals surface area contributed by atoms with Gasteiger partial charge in [0, 0.05) is 13.1 Å². The highest BCUT2D eigenvalue weighted by atomic mass is 32.1. The lowest BCUT2D eigenvalue weighted by Gasteiger charge is -2.26. The molecule has 1 aromatic heterocycles. The quantitative estimate of drug-likeness (QED) is 0.889. The van der Waals surface area contributed by atoms with Crippen LogP contribution in [0.4, 0.5) is 9.52 Å². The zero-order chi connectivity index (χ0) is 11.7. The Balaban J connectivity index is 1.80. The van der Waals surface area contributed by atoms with E-state index in [-0.39, 0.29) is 5.82 Å². The van der Waals surface area contributed by atoms with E-state index in [0.29, 0.717) is 0 Å². The fraction of sp³-hybridized carbons (Fsp3) is 0.364. The van der Waals surface area contributed by atoms with Crippen molar-refractivity contribution in [3.63, 3.8) is 0 Å². The minimum absolute atomic E-state index is 0.223. The van der Waals surface area contributed by atoms with Gasteiger partial charge in [-0.1, -0.05) is 11.3 Å². The molecule has 0 amide bonds. The van der Waals surface area contributed by atoms with Crippen molar-refractivity contribution in [2.24, 2.45) is 0 Å². The Hall–Kier alpha value is -1.24. The monoisotopic (exact) mass is 253 g/mol. The van der Waals surface area contributed by atoms with E-state index < -0.39 is 0 Å². The number of morpholine rings is 1. The number of anilines is 1. The molecule has 1 saturated heterocycles. The molecule has 0 aliphatic carbocycles. The summed E-state index contributed by atoms with van der Waals surface area (Å²) in [7, 11) is 0. The Morgan fingerprint density at radius 1 is 1.35 bits per heavy atom. The summed E-state index contributed by atoms with van der Waals surface area (Å²) in [6.07, 6.45) is 0. The highest BCUT2D eigenvalue weighted by Crippen LogP contribution is 2.26. The van der Waals surface area contributed by atoms with Crippen molar-refractivity contribution in [2.45, 2.75) is 0 Å². The smallest absolute Gasteiger partial charge is 0.198 e. The second kappa shape index (κ2) is 4.56. The largest absolute Gasteiger partial charge is 0.379 e. The van der Waals surface area contributed by atoms with Gasteiger partial charge in [0.2, 0.25) is 0 Å². The molecule has 0 atom stereocenters. The van der Waals surface area contributed by atoms with Crippen LogP contribution >= 0.6 is 11.3 Å². The summed E-state index contributed by atoms with van der Waals surface area (Å²) in [5, 5.41) is 2.87. The molecule has 1 aliphatic heterocycles. The Morgan fingerprint density at radius 3 is 3.00 bits per heavy atom. The molecular formula is C11H12FN3OS. The van der Waals surface area contributed by atoms with E-state index in [0.717, 1.165) is 41.7 Å². The van der Waals surface area contributed by atoms with E-state index in [1.165, 1.54) is 23.5 Å². The maximum absolute atomic E-state index is 13.0. The number of thiazole rings is 1. The second-order valence-electron chi connectivity index (χ2n) is 3.84. The van der Waals surface area contributed by atoms with Gasteiger partial charge in [-0.15, -0.1) is 0 Å². The lowest BCUT2D eigenvalue weighted by molar-refractivity contribution is 0.0497. The summed E-state index contributed by atoms with van der Waals surface area (Å²) < 4.78 is 19.2. The van der Waals surface area contributed by atoms with Crippen LogP contribution in [0.3, 0.4) is 0 Å². The fourth-order valence-corrected chi connectivity index (χ4v) is 2.67. The first-order valence-electron chi connectivity index (χ1n) is 5.47. The number of fused-ring (bicyclic) bond motifs is 1. The van der Waals surface area contributed by atoms with Crippen LogP contribution in [0.25, 0.3) is 10.2 Å². The van der Waals surface area contributed by atoms with E-state index >= 15 is 0 Å². The van der Waals surface area contributed by atoms with Crippen LogP contribution in [0.1, 0.15) is 0 Å². The lowest BCUT2D eigenvalue weighted by atomic mass is 10.3. The molecule has 17 heavy (non-hydrogen) atoms. The van der Waals surface area contributed by atoms with Crippen LogP contribution in [-0.4, -0.2) is 36.3 Å². The predicted molar refractivity (Wildman–Crippen MR) is 65.6 cm³/mol. The highest BCUT2D eigenvalue weighted by Gasteiger charge is 2.12. The number of nitrogens with one attached hydrogen (secondary N) is 1. The molecule has 0 saturated carbocycles. The van der Waals surface area contributed by atoms with Gasteiger partial charge in [0.1, 0.15) is 5.82 Å². The Kier molecular flexibility index (Phi) is 2.92. The maximum Gasteiger partial charge on any atom is 0.198 e. The molecule has 1 aliphatic rings. The third kappa shape index (κ3) is 2.38. The van der Waals surface area contributed by atoms with Crippen molar-refractivity contribution in [3.05, 3.63) is 24.0 Å². The summed E-state index contributed by atoms with van der Waals surface area (Å²) in [6, 6.07) is 4.64. The predicted octanol–water partition coefficient (Wildman–Crippen LogP) is 2.09. The van der Waals surface area contributed by atoms with Crippen molar-refractivity contribution in [1.29, 1.82) is 0 Å². The minimum Gasteiger partial charge on any atom is -0.379 e. The van der Waals surface area contributed by atoms with Crippen molar-refractivity contribution in [1.82, 2.24) is 9.99 Å². The summed E-state index contributed by atoms with van der Waals surface area (Å²) in [5.74, 6) is -0.223.